The summed E-state index contributed by atoms with van der Waals surface area (Å²) < 4.78 is 0.717. The minimum absolute atomic E-state index is 0. The van der Waals surface area contributed by atoms with Crippen LogP contribution in [0.1, 0.15) is 40.5 Å². The first-order valence-electron chi connectivity index (χ1n) is 5.97. The van der Waals surface area contributed by atoms with Crippen LogP contribution < -0.4 is 37.2 Å². The molecule has 2 rings (SSSR count). The predicted octanol–water partition coefficient (Wildman–Crippen LogP) is -4.33. The zero-order chi connectivity index (χ0) is 11.9. The smallest absolute Gasteiger partial charge is 1.00 e. The molecular formula is C15H19Cl3Zr. The molecule has 0 unspecified atom stereocenters. The molecule has 2 aliphatic rings. The molecule has 19 heavy (non-hydrogen) atoms. The van der Waals surface area contributed by atoms with E-state index in [0.29, 0.717) is 0 Å². The molecule has 0 nitrogen and oxygen atoms in total. The molecule has 0 heterocycles. The van der Waals surface area contributed by atoms with E-state index in [1.807, 2.05) is 0 Å². The molecule has 0 aliphatic heterocycles. The number of rotatable bonds is 2. The maximum atomic E-state index is 2.38. The SMILES string of the molecule is CC1=CCC([CH]([Zr+3])C2=C(C)C(C)=CC2)=C1C.[Cl-].[Cl-].[Cl-]. The summed E-state index contributed by atoms with van der Waals surface area (Å²) in [7, 11) is 0. The first-order chi connectivity index (χ1) is 7.52. The van der Waals surface area contributed by atoms with E-state index in [0.717, 1.165) is 3.63 Å². The molecule has 0 saturated carbocycles. The second-order valence-electron chi connectivity index (χ2n) is 4.92. The van der Waals surface area contributed by atoms with Crippen LogP contribution in [0.4, 0.5) is 0 Å². The van der Waals surface area contributed by atoms with E-state index in [9.17, 15) is 0 Å². The van der Waals surface area contributed by atoms with Gasteiger partial charge < -0.3 is 37.2 Å². The van der Waals surface area contributed by atoms with E-state index in [2.05, 4.69) is 39.8 Å². The Kier molecular flexibility index (Phi) is 10.3. The Labute approximate surface area is 151 Å². The second-order valence-corrected chi connectivity index (χ2v) is 6.34. The van der Waals surface area contributed by atoms with Crippen LogP contribution in [0.15, 0.2) is 45.6 Å². The first-order valence-corrected chi connectivity index (χ1v) is 7.39. The molecule has 0 fully saturated rings. The summed E-state index contributed by atoms with van der Waals surface area (Å²) in [5.74, 6) is 0. The predicted molar refractivity (Wildman–Crippen MR) is 65.9 cm³/mol. The average molecular weight is 397 g/mol. The van der Waals surface area contributed by atoms with Gasteiger partial charge in [-0.05, 0) is 0 Å². The van der Waals surface area contributed by atoms with Crippen molar-refractivity contribution in [3.05, 3.63) is 45.6 Å². The standard InChI is InChI=1S/C15H19.3ClH.Zr/c1-10-5-7-14(12(10)3)9-15-8-6-11(2)13(15)4;;;;/h5-6,9H,7-8H2,1-4H3;3*1H;/q;;;;+3/p-3. The third-order valence-corrected chi connectivity index (χ3v) is 5.81. The van der Waals surface area contributed by atoms with Gasteiger partial charge in [0.2, 0.25) is 0 Å². The minimum Gasteiger partial charge on any atom is -1.00 e. The molecule has 0 aromatic carbocycles. The van der Waals surface area contributed by atoms with Crippen LogP contribution >= 0.6 is 0 Å². The van der Waals surface area contributed by atoms with Gasteiger partial charge in [-0.25, -0.2) is 0 Å². The summed E-state index contributed by atoms with van der Waals surface area (Å²) in [4.78, 5) is 0. The third-order valence-electron chi connectivity index (χ3n) is 4.10. The van der Waals surface area contributed by atoms with Crippen LogP contribution in [0.3, 0.4) is 0 Å². The molecule has 4 heteroatoms. The summed E-state index contributed by atoms with van der Waals surface area (Å²) >= 11 is 1.65. The van der Waals surface area contributed by atoms with Crippen molar-refractivity contribution in [3.8, 4) is 0 Å². The monoisotopic (exact) mass is 394 g/mol. The van der Waals surface area contributed by atoms with Crippen molar-refractivity contribution >= 4 is 0 Å². The Balaban J connectivity index is 0. The molecule has 0 radical (unpaired) electrons. The minimum atomic E-state index is 0. The Hall–Kier alpha value is 0.713. The number of hydrogen-bond donors (Lipinski definition) is 0. The Bertz CT molecular complexity index is 414. The van der Waals surface area contributed by atoms with Crippen LogP contribution in [-0.4, -0.2) is 0 Å². The van der Waals surface area contributed by atoms with Gasteiger partial charge in [0.05, 0.1) is 0 Å². The average Bonchev–Trinajstić information content (AvgIpc) is 2.74. The van der Waals surface area contributed by atoms with Crippen LogP contribution in [-0.2, 0) is 24.7 Å². The van der Waals surface area contributed by atoms with Crippen molar-refractivity contribution < 1.29 is 61.9 Å². The molecule has 2 aliphatic carbocycles. The number of allylic oxidation sites excluding steroid dienone is 8. The molecule has 0 aromatic rings. The van der Waals surface area contributed by atoms with Gasteiger partial charge in [0.1, 0.15) is 0 Å². The van der Waals surface area contributed by atoms with Gasteiger partial charge in [-0.3, -0.25) is 0 Å². The second kappa shape index (κ2) is 8.88. The fraction of sp³-hybridized carbons (Fsp3) is 0.467. The molecule has 0 aromatic heterocycles. The molecule has 0 saturated heterocycles. The van der Waals surface area contributed by atoms with Crippen LogP contribution in [0.2, 0.25) is 3.63 Å². The quantitative estimate of drug-likeness (QED) is 0.443. The molecular weight excluding hydrogens is 378 g/mol. The van der Waals surface area contributed by atoms with Gasteiger partial charge in [-0.15, -0.1) is 0 Å². The van der Waals surface area contributed by atoms with E-state index in [1.165, 1.54) is 24.0 Å². The maximum absolute atomic E-state index is 2.38. The van der Waals surface area contributed by atoms with E-state index in [1.54, 1.807) is 47.0 Å². The molecule has 104 valence electrons. The van der Waals surface area contributed by atoms with Crippen LogP contribution in [0, 0.1) is 0 Å². The van der Waals surface area contributed by atoms with Crippen molar-refractivity contribution in [1.29, 1.82) is 0 Å². The van der Waals surface area contributed by atoms with Gasteiger partial charge in [0, 0.05) is 0 Å². The summed E-state index contributed by atoms with van der Waals surface area (Å²) in [5, 5.41) is 0. The van der Waals surface area contributed by atoms with Crippen LogP contribution in [0.5, 0.6) is 0 Å². The normalized spacial score (nSPS) is 17.8. The third kappa shape index (κ3) is 4.34. The largest absolute Gasteiger partial charge is 1.00 e. The van der Waals surface area contributed by atoms with Crippen molar-refractivity contribution in [2.75, 3.05) is 0 Å². The number of halogens is 3. The van der Waals surface area contributed by atoms with Gasteiger partial charge in [0.15, 0.2) is 0 Å². The molecule has 0 atom stereocenters. The fourth-order valence-corrected chi connectivity index (χ4v) is 4.17. The Morgan fingerprint density at radius 1 is 0.789 bits per heavy atom. The van der Waals surface area contributed by atoms with E-state index in [-0.39, 0.29) is 37.2 Å². The summed E-state index contributed by atoms with van der Waals surface area (Å²) in [6, 6.07) is 0. The zero-order valence-electron chi connectivity index (χ0n) is 11.8. The van der Waals surface area contributed by atoms with Gasteiger partial charge >= 0.3 is 114 Å². The fourth-order valence-electron chi connectivity index (χ4n) is 2.52. The zero-order valence-corrected chi connectivity index (χ0v) is 16.5. The van der Waals surface area contributed by atoms with Gasteiger partial charge in [0.25, 0.3) is 0 Å². The van der Waals surface area contributed by atoms with Crippen molar-refractivity contribution in [2.45, 2.75) is 44.2 Å². The summed E-state index contributed by atoms with van der Waals surface area (Å²) in [5.41, 5.74) is 9.42. The summed E-state index contributed by atoms with van der Waals surface area (Å²) in [6.45, 7) is 9.06. The molecule has 0 spiro atoms. The Morgan fingerprint density at radius 2 is 1.11 bits per heavy atom. The number of hydrogen-bond acceptors (Lipinski definition) is 0. The van der Waals surface area contributed by atoms with Gasteiger partial charge in [-0.1, -0.05) is 0 Å². The first kappa shape index (κ1) is 22.0. The van der Waals surface area contributed by atoms with Crippen LogP contribution in [0.25, 0.3) is 0 Å². The maximum Gasteiger partial charge on any atom is -1.00 e. The van der Waals surface area contributed by atoms with Crippen molar-refractivity contribution in [2.24, 2.45) is 0 Å². The van der Waals surface area contributed by atoms with E-state index < -0.39 is 0 Å². The Morgan fingerprint density at radius 3 is 1.32 bits per heavy atom. The molecule has 0 bridgehead atoms. The molecule has 0 N–H and O–H groups in total. The summed E-state index contributed by atoms with van der Waals surface area (Å²) in [6.07, 6.45) is 7.13. The van der Waals surface area contributed by atoms with Crippen molar-refractivity contribution in [3.63, 3.8) is 0 Å². The van der Waals surface area contributed by atoms with E-state index in [4.69, 9.17) is 0 Å². The molecule has 0 amide bonds. The van der Waals surface area contributed by atoms with Gasteiger partial charge in [-0.2, -0.15) is 0 Å². The van der Waals surface area contributed by atoms with E-state index >= 15 is 0 Å². The topological polar surface area (TPSA) is 0 Å². The van der Waals surface area contributed by atoms with Crippen molar-refractivity contribution in [1.82, 2.24) is 0 Å².